The first kappa shape index (κ1) is 12.4. The molecular weight excluding hydrogens is 254 g/mol. The molecule has 0 bridgehead atoms. The van der Waals surface area contributed by atoms with Crippen molar-refractivity contribution in [1.82, 2.24) is 19.6 Å². The zero-order valence-electron chi connectivity index (χ0n) is 11.3. The number of aromatic nitrogens is 4. The number of nitrogens with zero attached hydrogens (tertiary/aromatic N) is 4. The molecule has 102 valence electrons. The van der Waals surface area contributed by atoms with Gasteiger partial charge in [-0.25, -0.2) is 4.98 Å². The molecule has 1 atom stereocenters. The van der Waals surface area contributed by atoms with Crippen LogP contribution >= 0.6 is 0 Å². The summed E-state index contributed by atoms with van der Waals surface area (Å²) in [6.45, 7) is 3.97. The Bertz CT molecular complexity index is 752. The third kappa shape index (κ3) is 2.16. The van der Waals surface area contributed by atoms with E-state index in [1.54, 1.807) is 10.7 Å². The van der Waals surface area contributed by atoms with Gasteiger partial charge in [-0.15, -0.1) is 5.10 Å². The molecule has 0 amide bonds. The first-order valence-corrected chi connectivity index (χ1v) is 6.34. The van der Waals surface area contributed by atoms with Crippen molar-refractivity contribution in [3.63, 3.8) is 0 Å². The third-order valence-electron chi connectivity index (χ3n) is 3.10. The molecule has 0 aliphatic rings. The summed E-state index contributed by atoms with van der Waals surface area (Å²) in [7, 11) is 0. The molecule has 0 fully saturated rings. The van der Waals surface area contributed by atoms with Crippen molar-refractivity contribution in [2.24, 2.45) is 0 Å². The highest BCUT2D eigenvalue weighted by Gasteiger charge is 2.14. The van der Waals surface area contributed by atoms with Gasteiger partial charge in [-0.05, 0) is 31.5 Å². The molecule has 0 saturated carbocycles. The van der Waals surface area contributed by atoms with Crippen LogP contribution in [0.5, 0.6) is 5.75 Å². The first-order valence-electron chi connectivity index (χ1n) is 6.34. The lowest BCUT2D eigenvalue weighted by Crippen LogP contribution is -2.10. The Morgan fingerprint density at radius 3 is 2.85 bits per heavy atom. The number of nitrogen functional groups attached to an aromatic ring is 1. The van der Waals surface area contributed by atoms with Gasteiger partial charge >= 0.3 is 0 Å². The second kappa shape index (κ2) is 4.80. The lowest BCUT2D eigenvalue weighted by atomic mass is 10.2. The van der Waals surface area contributed by atoms with E-state index in [9.17, 15) is 0 Å². The summed E-state index contributed by atoms with van der Waals surface area (Å²) in [5, 5.41) is 4.14. The predicted octanol–water partition coefficient (Wildman–Crippen LogP) is 2.15. The number of nitrogens with two attached hydrogens (primary N) is 1. The zero-order valence-corrected chi connectivity index (χ0v) is 11.3. The molecule has 1 unspecified atom stereocenters. The Labute approximate surface area is 116 Å². The number of para-hydroxylation sites is 1. The van der Waals surface area contributed by atoms with Gasteiger partial charge in [0.2, 0.25) is 5.95 Å². The summed E-state index contributed by atoms with van der Waals surface area (Å²) in [5.74, 6) is 1.52. The average Bonchev–Trinajstić information content (AvgIpc) is 2.81. The van der Waals surface area contributed by atoms with Gasteiger partial charge in [0.05, 0.1) is 5.69 Å². The fraction of sp³-hybridized carbons (Fsp3) is 0.214. The van der Waals surface area contributed by atoms with E-state index in [0.717, 1.165) is 17.0 Å². The van der Waals surface area contributed by atoms with Crippen LogP contribution in [0.3, 0.4) is 0 Å². The van der Waals surface area contributed by atoms with E-state index in [1.165, 1.54) is 0 Å². The van der Waals surface area contributed by atoms with Crippen molar-refractivity contribution in [2.75, 3.05) is 5.73 Å². The number of hydrogen-bond acceptors (Lipinski definition) is 5. The van der Waals surface area contributed by atoms with E-state index in [4.69, 9.17) is 10.5 Å². The van der Waals surface area contributed by atoms with Crippen LogP contribution in [0.15, 0.2) is 36.5 Å². The smallest absolute Gasteiger partial charge is 0.254 e. The number of aryl methyl sites for hydroxylation is 1. The van der Waals surface area contributed by atoms with Crippen LogP contribution in [0.4, 0.5) is 5.95 Å². The molecule has 6 nitrogen and oxygen atoms in total. The van der Waals surface area contributed by atoms with E-state index in [1.807, 2.05) is 44.2 Å². The van der Waals surface area contributed by atoms with Gasteiger partial charge in [-0.3, -0.25) is 0 Å². The number of benzene rings is 1. The predicted molar refractivity (Wildman–Crippen MR) is 75.4 cm³/mol. The Balaban J connectivity index is 1.97. The summed E-state index contributed by atoms with van der Waals surface area (Å²) < 4.78 is 7.60. The normalized spacial score (nSPS) is 12.5. The first-order chi connectivity index (χ1) is 9.65. The van der Waals surface area contributed by atoms with Crippen molar-refractivity contribution < 1.29 is 4.74 Å². The monoisotopic (exact) mass is 269 g/mol. The molecular formula is C14H15N5O. The van der Waals surface area contributed by atoms with E-state index >= 15 is 0 Å². The van der Waals surface area contributed by atoms with Crippen LogP contribution in [-0.2, 0) is 0 Å². The molecule has 1 aromatic carbocycles. The summed E-state index contributed by atoms with van der Waals surface area (Å²) in [4.78, 5) is 8.17. The van der Waals surface area contributed by atoms with Gasteiger partial charge in [-0.1, -0.05) is 18.2 Å². The summed E-state index contributed by atoms with van der Waals surface area (Å²) >= 11 is 0. The van der Waals surface area contributed by atoms with E-state index in [0.29, 0.717) is 5.78 Å². The van der Waals surface area contributed by atoms with Gasteiger partial charge in [0.15, 0.2) is 0 Å². The molecule has 0 aliphatic carbocycles. The molecule has 2 heterocycles. The molecule has 0 radical (unpaired) electrons. The maximum absolute atomic E-state index is 5.99. The van der Waals surface area contributed by atoms with E-state index in [2.05, 4.69) is 15.1 Å². The maximum Gasteiger partial charge on any atom is 0.254 e. The Hall–Kier alpha value is -2.63. The molecule has 2 aromatic heterocycles. The second-order valence-corrected chi connectivity index (χ2v) is 4.58. The molecule has 20 heavy (non-hydrogen) atoms. The van der Waals surface area contributed by atoms with Crippen molar-refractivity contribution in [3.05, 3.63) is 47.8 Å². The largest absolute Gasteiger partial charge is 0.484 e. The second-order valence-electron chi connectivity index (χ2n) is 4.58. The van der Waals surface area contributed by atoms with Crippen molar-refractivity contribution in [1.29, 1.82) is 0 Å². The fourth-order valence-corrected chi connectivity index (χ4v) is 2.07. The number of anilines is 1. The number of ether oxygens (including phenoxy) is 1. The van der Waals surface area contributed by atoms with Crippen molar-refractivity contribution in [3.8, 4) is 5.75 Å². The van der Waals surface area contributed by atoms with Gasteiger partial charge in [0, 0.05) is 6.20 Å². The maximum atomic E-state index is 5.99. The lowest BCUT2D eigenvalue weighted by molar-refractivity contribution is 0.217. The van der Waals surface area contributed by atoms with E-state index in [-0.39, 0.29) is 12.1 Å². The number of fused-ring (bicyclic) bond motifs is 1. The lowest BCUT2D eigenvalue weighted by Gasteiger charge is -2.16. The summed E-state index contributed by atoms with van der Waals surface area (Å²) in [5.41, 5.74) is 7.55. The van der Waals surface area contributed by atoms with Crippen LogP contribution in [0, 0.1) is 6.92 Å². The highest BCUT2D eigenvalue weighted by molar-refractivity contribution is 5.36. The van der Waals surface area contributed by atoms with Crippen LogP contribution in [0.25, 0.3) is 5.78 Å². The summed E-state index contributed by atoms with van der Waals surface area (Å²) in [6, 6.07) is 9.74. The molecule has 2 N–H and O–H groups in total. The molecule has 0 aliphatic heterocycles. The molecule has 0 spiro atoms. The molecule has 6 heteroatoms. The van der Waals surface area contributed by atoms with E-state index < -0.39 is 0 Å². The average molecular weight is 269 g/mol. The minimum Gasteiger partial charge on any atom is -0.484 e. The highest BCUT2D eigenvalue weighted by Crippen LogP contribution is 2.24. The van der Waals surface area contributed by atoms with Gasteiger partial charge in [0.1, 0.15) is 11.9 Å². The molecule has 3 rings (SSSR count). The van der Waals surface area contributed by atoms with Gasteiger partial charge < -0.3 is 10.5 Å². The van der Waals surface area contributed by atoms with Crippen LogP contribution in [0.2, 0.25) is 0 Å². The van der Waals surface area contributed by atoms with Crippen LogP contribution in [0.1, 0.15) is 24.3 Å². The number of rotatable bonds is 3. The zero-order chi connectivity index (χ0) is 14.1. The fourth-order valence-electron chi connectivity index (χ4n) is 2.07. The SMILES string of the molecule is Cc1ccccc1OC(C)c1ccnc2nc(N)nn12. The number of hydrogen-bond donors (Lipinski definition) is 1. The van der Waals surface area contributed by atoms with Gasteiger partial charge in [0.25, 0.3) is 5.78 Å². The standard InChI is InChI=1S/C14H15N5O/c1-9-5-3-4-6-12(9)20-10(2)11-7-8-16-14-17-13(15)18-19(11)14/h3-8,10H,1-2H3,(H2,15,18). The minimum atomic E-state index is -0.192. The summed E-state index contributed by atoms with van der Waals surface area (Å²) in [6.07, 6.45) is 1.49. The quantitative estimate of drug-likeness (QED) is 0.788. The van der Waals surface area contributed by atoms with Crippen molar-refractivity contribution in [2.45, 2.75) is 20.0 Å². The molecule has 3 aromatic rings. The van der Waals surface area contributed by atoms with Crippen LogP contribution in [-0.4, -0.2) is 19.6 Å². The molecule has 0 saturated heterocycles. The Morgan fingerprint density at radius 2 is 2.05 bits per heavy atom. The highest BCUT2D eigenvalue weighted by atomic mass is 16.5. The van der Waals surface area contributed by atoms with Crippen LogP contribution < -0.4 is 10.5 Å². The topological polar surface area (TPSA) is 78.3 Å². The third-order valence-corrected chi connectivity index (χ3v) is 3.10. The van der Waals surface area contributed by atoms with Gasteiger partial charge in [-0.2, -0.15) is 9.50 Å². The Morgan fingerprint density at radius 1 is 1.25 bits per heavy atom. The Kier molecular flexibility index (Phi) is 2.98. The van der Waals surface area contributed by atoms with Crippen molar-refractivity contribution >= 4 is 11.7 Å². The minimum absolute atomic E-state index is 0.192.